The minimum atomic E-state index is -4.47. The van der Waals surface area contributed by atoms with E-state index in [1.807, 2.05) is 0 Å². The Kier molecular flexibility index (Phi) is 7.18. The normalized spacial score (nSPS) is 14.8. The second-order valence-electron chi connectivity index (χ2n) is 6.57. The number of halogens is 4. The predicted molar refractivity (Wildman–Crippen MR) is 110 cm³/mol. The SMILES string of the molecule is CCC(Nc1cc(F)cc(NSC)c1C=N)(c1ccc(C(F)(F)F)cc1)C(C)O. The van der Waals surface area contributed by atoms with E-state index in [9.17, 15) is 22.7 Å². The van der Waals surface area contributed by atoms with Gasteiger partial charge >= 0.3 is 6.18 Å². The Hall–Kier alpha value is -2.26. The third-order valence-electron chi connectivity index (χ3n) is 4.86. The lowest BCUT2D eigenvalue weighted by molar-refractivity contribution is -0.137. The maximum Gasteiger partial charge on any atom is 0.416 e. The summed E-state index contributed by atoms with van der Waals surface area (Å²) in [5.41, 5.74) is -0.577. The number of hydrogen-bond acceptors (Lipinski definition) is 5. The number of benzene rings is 2. The van der Waals surface area contributed by atoms with Gasteiger partial charge in [-0.2, -0.15) is 13.2 Å². The summed E-state index contributed by atoms with van der Waals surface area (Å²) in [6.07, 6.45) is -2.40. The van der Waals surface area contributed by atoms with Crippen LogP contribution in [0.3, 0.4) is 0 Å². The molecule has 0 saturated carbocycles. The van der Waals surface area contributed by atoms with Gasteiger partial charge in [-0.25, -0.2) is 4.39 Å². The van der Waals surface area contributed by atoms with Crippen LogP contribution in [0.25, 0.3) is 0 Å². The molecule has 0 radical (unpaired) electrons. The van der Waals surface area contributed by atoms with Crippen molar-refractivity contribution in [2.75, 3.05) is 16.3 Å². The second kappa shape index (κ2) is 9.04. The number of aliphatic hydroxyl groups is 1. The van der Waals surface area contributed by atoms with Crippen molar-refractivity contribution in [2.45, 2.75) is 38.1 Å². The van der Waals surface area contributed by atoms with Crippen LogP contribution in [0.2, 0.25) is 0 Å². The molecule has 0 spiro atoms. The lowest BCUT2D eigenvalue weighted by atomic mass is 9.81. The topological polar surface area (TPSA) is 68.1 Å². The van der Waals surface area contributed by atoms with Crippen LogP contribution in [0.4, 0.5) is 28.9 Å². The van der Waals surface area contributed by atoms with Crippen LogP contribution >= 0.6 is 11.9 Å². The molecule has 0 fully saturated rings. The Morgan fingerprint density at radius 2 is 1.69 bits per heavy atom. The average Bonchev–Trinajstić information content (AvgIpc) is 2.65. The zero-order valence-electron chi connectivity index (χ0n) is 16.2. The van der Waals surface area contributed by atoms with E-state index in [0.29, 0.717) is 23.2 Å². The Bertz CT molecular complexity index is 856. The van der Waals surface area contributed by atoms with E-state index in [2.05, 4.69) is 10.0 Å². The average molecular weight is 429 g/mol. The summed E-state index contributed by atoms with van der Waals surface area (Å²) < 4.78 is 55.9. The van der Waals surface area contributed by atoms with Gasteiger partial charge in [-0.1, -0.05) is 31.0 Å². The molecule has 4 N–H and O–H groups in total. The maximum atomic E-state index is 14.2. The molecule has 2 rings (SSSR count). The minimum absolute atomic E-state index is 0.249. The molecule has 0 aliphatic heterocycles. The summed E-state index contributed by atoms with van der Waals surface area (Å²) in [6, 6.07) is 6.95. The number of alkyl halides is 3. The van der Waals surface area contributed by atoms with E-state index in [-0.39, 0.29) is 5.69 Å². The van der Waals surface area contributed by atoms with Crippen molar-refractivity contribution in [3.8, 4) is 0 Å². The van der Waals surface area contributed by atoms with Gasteiger partial charge in [-0.3, -0.25) is 0 Å². The molecule has 158 valence electrons. The number of aliphatic hydroxyl groups excluding tert-OH is 1. The van der Waals surface area contributed by atoms with E-state index in [1.54, 1.807) is 13.2 Å². The third-order valence-corrected chi connectivity index (χ3v) is 5.28. The zero-order chi connectivity index (χ0) is 21.8. The van der Waals surface area contributed by atoms with Gasteiger partial charge in [0.25, 0.3) is 0 Å². The van der Waals surface area contributed by atoms with Gasteiger partial charge in [0.15, 0.2) is 0 Å². The fraction of sp³-hybridized carbons (Fsp3) is 0.350. The molecule has 9 heteroatoms. The van der Waals surface area contributed by atoms with Gasteiger partial charge in [0.2, 0.25) is 0 Å². The number of anilines is 2. The predicted octanol–water partition coefficient (Wildman–Crippen LogP) is 5.63. The first-order valence-electron chi connectivity index (χ1n) is 8.86. The van der Waals surface area contributed by atoms with E-state index >= 15 is 0 Å². The highest BCUT2D eigenvalue weighted by molar-refractivity contribution is 7.99. The van der Waals surface area contributed by atoms with E-state index in [1.165, 1.54) is 43.1 Å². The van der Waals surface area contributed by atoms with Crippen molar-refractivity contribution in [3.63, 3.8) is 0 Å². The number of hydrogen-bond donors (Lipinski definition) is 4. The maximum absolute atomic E-state index is 14.2. The van der Waals surface area contributed by atoms with E-state index < -0.39 is 29.2 Å². The van der Waals surface area contributed by atoms with Gasteiger partial charge in [0, 0.05) is 23.7 Å². The molecule has 0 aliphatic rings. The molecule has 0 saturated heterocycles. The van der Waals surface area contributed by atoms with Crippen molar-refractivity contribution in [1.29, 1.82) is 5.41 Å². The molecule has 0 heterocycles. The molecule has 0 amide bonds. The largest absolute Gasteiger partial charge is 0.416 e. The molecule has 2 atom stereocenters. The number of nitrogens with one attached hydrogen (secondary N) is 3. The molecule has 2 aromatic carbocycles. The van der Waals surface area contributed by atoms with Crippen LogP contribution in [0.1, 0.15) is 37.0 Å². The van der Waals surface area contributed by atoms with Crippen molar-refractivity contribution in [1.82, 2.24) is 0 Å². The Balaban J connectivity index is 2.59. The highest BCUT2D eigenvalue weighted by atomic mass is 32.2. The molecular weight excluding hydrogens is 406 g/mol. The molecule has 2 unspecified atom stereocenters. The quantitative estimate of drug-likeness (QED) is 0.249. The molecular formula is C20H23F4N3OS. The van der Waals surface area contributed by atoms with Crippen LogP contribution in [0.5, 0.6) is 0 Å². The van der Waals surface area contributed by atoms with Crippen LogP contribution in [-0.4, -0.2) is 23.7 Å². The van der Waals surface area contributed by atoms with Crippen molar-refractivity contribution in [2.24, 2.45) is 0 Å². The highest BCUT2D eigenvalue weighted by Crippen LogP contribution is 2.38. The van der Waals surface area contributed by atoms with E-state index in [4.69, 9.17) is 5.41 Å². The van der Waals surface area contributed by atoms with Crippen LogP contribution in [-0.2, 0) is 11.7 Å². The van der Waals surface area contributed by atoms with Gasteiger partial charge in [0.05, 0.1) is 22.9 Å². The molecule has 0 aromatic heterocycles. The van der Waals surface area contributed by atoms with Crippen molar-refractivity contribution in [3.05, 3.63) is 58.9 Å². The van der Waals surface area contributed by atoms with Gasteiger partial charge < -0.3 is 20.6 Å². The molecule has 2 aromatic rings. The molecule has 0 aliphatic carbocycles. The van der Waals surface area contributed by atoms with E-state index in [0.717, 1.165) is 18.3 Å². The smallest absolute Gasteiger partial charge is 0.391 e. The monoisotopic (exact) mass is 429 g/mol. The summed E-state index contributed by atoms with van der Waals surface area (Å²) in [6.45, 7) is 3.28. The van der Waals surface area contributed by atoms with Crippen molar-refractivity contribution < 1.29 is 22.7 Å². The summed E-state index contributed by atoms with van der Waals surface area (Å²) >= 11 is 1.23. The van der Waals surface area contributed by atoms with Crippen LogP contribution < -0.4 is 10.0 Å². The molecule has 29 heavy (non-hydrogen) atoms. The second-order valence-corrected chi connectivity index (χ2v) is 7.18. The number of rotatable bonds is 8. The highest BCUT2D eigenvalue weighted by Gasteiger charge is 2.37. The standard InChI is InChI=1S/C20H23F4N3OS/c1-4-19(12(2)28,13-5-7-14(8-6-13)20(22,23)24)26-17-9-15(21)10-18(27-29-3)16(17)11-25/h5-12,25-28H,4H2,1-3H3. The Morgan fingerprint density at radius 3 is 2.14 bits per heavy atom. The molecule has 4 nitrogen and oxygen atoms in total. The summed E-state index contributed by atoms with van der Waals surface area (Å²) in [7, 11) is 0. The van der Waals surface area contributed by atoms with Gasteiger partial charge in [0.1, 0.15) is 5.82 Å². The first-order valence-corrected chi connectivity index (χ1v) is 10.1. The summed E-state index contributed by atoms with van der Waals surface area (Å²) in [4.78, 5) is 0. The summed E-state index contributed by atoms with van der Waals surface area (Å²) in [5, 5.41) is 21.4. The van der Waals surface area contributed by atoms with Crippen molar-refractivity contribution >= 4 is 29.5 Å². The van der Waals surface area contributed by atoms with Gasteiger partial charge in [-0.05, 0) is 43.2 Å². The summed E-state index contributed by atoms with van der Waals surface area (Å²) in [5.74, 6) is -0.558. The van der Waals surface area contributed by atoms with Crippen LogP contribution in [0.15, 0.2) is 36.4 Å². The molecule has 0 bridgehead atoms. The fourth-order valence-electron chi connectivity index (χ4n) is 3.27. The lowest BCUT2D eigenvalue weighted by Gasteiger charge is -2.39. The first kappa shape index (κ1) is 23.0. The van der Waals surface area contributed by atoms with Gasteiger partial charge in [-0.15, -0.1) is 0 Å². The lowest BCUT2D eigenvalue weighted by Crippen LogP contribution is -2.45. The Labute approximate surface area is 171 Å². The zero-order valence-corrected chi connectivity index (χ0v) is 17.0. The first-order chi connectivity index (χ1) is 13.6. The minimum Gasteiger partial charge on any atom is -0.391 e. The fourth-order valence-corrected chi connectivity index (χ4v) is 3.66. The van der Waals surface area contributed by atoms with Crippen LogP contribution in [0, 0.1) is 11.2 Å². The third kappa shape index (κ3) is 4.84. The Morgan fingerprint density at radius 1 is 1.14 bits per heavy atom.